The lowest BCUT2D eigenvalue weighted by atomic mass is 9.82. The number of hydrogen-bond donors (Lipinski definition) is 0. The van der Waals surface area contributed by atoms with Crippen LogP contribution in [-0.4, -0.2) is 9.97 Å². The zero-order valence-electron chi connectivity index (χ0n) is 28.0. The van der Waals surface area contributed by atoms with Crippen molar-refractivity contribution < 1.29 is 26.3 Å². The fourth-order valence-electron chi connectivity index (χ4n) is 6.65. The van der Waals surface area contributed by atoms with Crippen LogP contribution in [0.3, 0.4) is 0 Å². The molecule has 2 heterocycles. The Morgan fingerprint density at radius 2 is 0.750 bits per heavy atom. The van der Waals surface area contributed by atoms with Crippen LogP contribution < -0.4 is 0 Å². The van der Waals surface area contributed by atoms with E-state index in [1.165, 1.54) is 24.3 Å². The predicted octanol–water partition coefficient (Wildman–Crippen LogP) is 13.1. The highest BCUT2D eigenvalue weighted by molar-refractivity contribution is 5.97. The van der Waals surface area contributed by atoms with Gasteiger partial charge in [-0.25, -0.2) is 0 Å². The maximum Gasteiger partial charge on any atom is 0.417 e. The summed E-state index contributed by atoms with van der Waals surface area (Å²) in [7, 11) is 0. The first kappa shape index (κ1) is 34.4. The smallest absolute Gasteiger partial charge is 0.264 e. The molecule has 8 heteroatoms. The van der Waals surface area contributed by atoms with Gasteiger partial charge in [-0.15, -0.1) is 0 Å². The van der Waals surface area contributed by atoms with Crippen LogP contribution in [0, 0.1) is 13.8 Å². The van der Waals surface area contributed by atoms with Crippen LogP contribution in [-0.2, 0) is 12.4 Å². The minimum Gasteiger partial charge on any atom is -0.264 e. The van der Waals surface area contributed by atoms with Crippen molar-refractivity contribution in [2.45, 2.75) is 26.2 Å². The number of hydrogen-bond acceptors (Lipinski definition) is 2. The summed E-state index contributed by atoms with van der Waals surface area (Å²) in [5.74, 6) is 0. The molecule has 0 aliphatic rings. The largest absolute Gasteiger partial charge is 0.417 e. The van der Waals surface area contributed by atoms with Gasteiger partial charge in [0.1, 0.15) is 0 Å². The Morgan fingerprint density at radius 1 is 0.365 bits per heavy atom. The van der Waals surface area contributed by atoms with E-state index in [2.05, 4.69) is 9.97 Å². The maximum absolute atomic E-state index is 14.9. The second-order valence-electron chi connectivity index (χ2n) is 12.6. The molecule has 7 aromatic rings. The third-order valence-corrected chi connectivity index (χ3v) is 9.26. The summed E-state index contributed by atoms with van der Waals surface area (Å²) >= 11 is 0. The number of nitrogens with zero attached hydrogens (tertiary/aromatic N) is 2. The first-order chi connectivity index (χ1) is 24.9. The monoisotopic (exact) mass is 700 g/mol. The summed E-state index contributed by atoms with van der Waals surface area (Å²) < 4.78 is 89.6. The number of halogens is 6. The molecule has 0 aliphatic heterocycles. The lowest BCUT2D eigenvalue weighted by Gasteiger charge is -2.23. The summed E-state index contributed by atoms with van der Waals surface area (Å²) in [6, 6.07) is 32.2. The number of pyridine rings is 2. The van der Waals surface area contributed by atoms with Gasteiger partial charge in [0.25, 0.3) is 0 Å². The molecule has 5 aromatic carbocycles. The Hall–Kier alpha value is -6.02. The zero-order chi connectivity index (χ0) is 36.6. The number of aromatic nitrogens is 2. The van der Waals surface area contributed by atoms with Crippen molar-refractivity contribution in [1.82, 2.24) is 9.97 Å². The molecule has 258 valence electrons. The van der Waals surface area contributed by atoms with Gasteiger partial charge in [-0.1, -0.05) is 72.8 Å². The van der Waals surface area contributed by atoms with E-state index in [0.717, 1.165) is 23.3 Å². The van der Waals surface area contributed by atoms with Crippen LogP contribution in [0.5, 0.6) is 0 Å². The Balaban J connectivity index is 1.62. The van der Waals surface area contributed by atoms with E-state index >= 15 is 0 Å². The lowest BCUT2D eigenvalue weighted by molar-refractivity contribution is -0.137. The summed E-state index contributed by atoms with van der Waals surface area (Å²) in [5.41, 5.74) is 4.30. The second kappa shape index (κ2) is 13.6. The van der Waals surface area contributed by atoms with Crippen LogP contribution in [0.15, 0.2) is 146 Å². The first-order valence-corrected chi connectivity index (χ1v) is 16.4. The SMILES string of the molecule is Cc1ccncc1-c1ccc(C(F)(F)F)c(-c2cc(-c3ccccc3)c(-c3cc(-c4cnccc4C)ccc3C(F)(F)F)cc2-c2ccccc2)c1. The molecule has 0 unspecified atom stereocenters. The van der Waals surface area contributed by atoms with E-state index in [-0.39, 0.29) is 22.3 Å². The number of alkyl halides is 6. The normalized spacial score (nSPS) is 11.8. The maximum atomic E-state index is 14.9. The molecule has 0 aliphatic carbocycles. The van der Waals surface area contributed by atoms with Crippen LogP contribution >= 0.6 is 0 Å². The van der Waals surface area contributed by atoms with Crippen molar-refractivity contribution in [3.8, 4) is 66.8 Å². The molecular formula is C44H30F6N2. The van der Waals surface area contributed by atoms with Gasteiger partial charge in [0.15, 0.2) is 0 Å². The molecule has 0 saturated heterocycles. The number of rotatable bonds is 6. The van der Waals surface area contributed by atoms with Crippen LogP contribution in [0.25, 0.3) is 66.8 Å². The molecule has 0 amide bonds. The minimum atomic E-state index is -4.74. The predicted molar refractivity (Wildman–Crippen MR) is 194 cm³/mol. The molecule has 2 aromatic heterocycles. The molecule has 0 bridgehead atoms. The summed E-state index contributed by atoms with van der Waals surface area (Å²) in [5, 5.41) is 0. The highest BCUT2D eigenvalue weighted by Gasteiger charge is 2.37. The van der Waals surface area contributed by atoms with Gasteiger partial charge in [-0.05, 0) is 129 Å². The quantitative estimate of drug-likeness (QED) is 0.161. The Labute approximate surface area is 297 Å². The van der Waals surface area contributed by atoms with E-state index < -0.39 is 23.5 Å². The summed E-state index contributed by atoms with van der Waals surface area (Å²) in [4.78, 5) is 8.41. The highest BCUT2D eigenvalue weighted by Crippen LogP contribution is 2.49. The van der Waals surface area contributed by atoms with Gasteiger partial charge in [0, 0.05) is 35.9 Å². The molecular weight excluding hydrogens is 670 g/mol. The average molecular weight is 701 g/mol. The van der Waals surface area contributed by atoms with E-state index in [1.54, 1.807) is 110 Å². The van der Waals surface area contributed by atoms with E-state index in [4.69, 9.17) is 0 Å². The fourth-order valence-corrected chi connectivity index (χ4v) is 6.65. The first-order valence-electron chi connectivity index (χ1n) is 16.4. The van der Waals surface area contributed by atoms with E-state index in [9.17, 15) is 26.3 Å². The Bertz CT molecular complexity index is 2230. The zero-order valence-corrected chi connectivity index (χ0v) is 28.0. The van der Waals surface area contributed by atoms with Gasteiger partial charge in [0.2, 0.25) is 0 Å². The molecule has 0 spiro atoms. The topological polar surface area (TPSA) is 25.8 Å². The van der Waals surface area contributed by atoms with Gasteiger partial charge in [0.05, 0.1) is 11.1 Å². The summed E-state index contributed by atoms with van der Waals surface area (Å²) in [6.45, 7) is 3.71. The second-order valence-corrected chi connectivity index (χ2v) is 12.6. The van der Waals surface area contributed by atoms with Crippen molar-refractivity contribution >= 4 is 0 Å². The molecule has 0 fully saturated rings. The Kier molecular flexibility index (Phi) is 9.01. The molecule has 0 saturated carbocycles. The van der Waals surface area contributed by atoms with Gasteiger partial charge in [-0.2, -0.15) is 26.3 Å². The molecule has 0 N–H and O–H groups in total. The van der Waals surface area contributed by atoms with Crippen LogP contribution in [0.4, 0.5) is 26.3 Å². The van der Waals surface area contributed by atoms with Gasteiger partial charge in [-0.3, -0.25) is 9.97 Å². The standard InChI is InChI=1S/C44H30F6N2/c1-27-17-19-51-25-39(27)31-13-15-41(43(45,46)47)37(21-31)35-23-34(30-11-7-4-8-12-30)36(24-33(35)29-9-5-3-6-10-29)38-22-32(14-16-42(38)44(48,49)50)40-26-52-20-18-28(40)2/h3-26H,1-2H3. The average Bonchev–Trinajstić information content (AvgIpc) is 3.14. The molecule has 0 radical (unpaired) electrons. The third kappa shape index (κ3) is 6.72. The fraction of sp³-hybridized carbons (Fsp3) is 0.0909. The number of benzene rings is 5. The third-order valence-electron chi connectivity index (χ3n) is 9.26. The van der Waals surface area contributed by atoms with Crippen LogP contribution in [0.2, 0.25) is 0 Å². The van der Waals surface area contributed by atoms with Crippen molar-refractivity contribution in [1.29, 1.82) is 0 Å². The molecule has 0 atom stereocenters. The van der Waals surface area contributed by atoms with Crippen molar-refractivity contribution in [3.63, 3.8) is 0 Å². The van der Waals surface area contributed by atoms with E-state index in [1.807, 2.05) is 13.8 Å². The summed E-state index contributed by atoms with van der Waals surface area (Å²) in [6.07, 6.45) is -3.04. The van der Waals surface area contributed by atoms with Gasteiger partial charge >= 0.3 is 12.4 Å². The molecule has 52 heavy (non-hydrogen) atoms. The van der Waals surface area contributed by atoms with Crippen molar-refractivity contribution in [3.05, 3.63) is 168 Å². The molecule has 7 rings (SSSR count). The minimum absolute atomic E-state index is 0.105. The van der Waals surface area contributed by atoms with E-state index in [0.29, 0.717) is 44.5 Å². The number of aryl methyl sites for hydroxylation is 2. The van der Waals surface area contributed by atoms with Crippen LogP contribution in [0.1, 0.15) is 22.3 Å². The van der Waals surface area contributed by atoms with Gasteiger partial charge < -0.3 is 0 Å². The van der Waals surface area contributed by atoms with Crippen molar-refractivity contribution in [2.24, 2.45) is 0 Å². The van der Waals surface area contributed by atoms with Crippen molar-refractivity contribution in [2.75, 3.05) is 0 Å². The lowest BCUT2D eigenvalue weighted by Crippen LogP contribution is -2.09. The highest BCUT2D eigenvalue weighted by atomic mass is 19.4. The molecule has 2 nitrogen and oxygen atoms in total. The Morgan fingerprint density at radius 3 is 1.10 bits per heavy atom.